The molecule has 0 radical (unpaired) electrons. The molecule has 0 bridgehead atoms. The SMILES string of the molecule is COC(=O)[C@@H](O)Cc1cccc(COC(=O)n2ccc3ccccc32)c1. The molecule has 0 aliphatic carbocycles. The quantitative estimate of drug-likeness (QED) is 0.714. The number of hydrogen-bond donors (Lipinski definition) is 1. The third kappa shape index (κ3) is 3.92. The Morgan fingerprint density at radius 2 is 1.85 bits per heavy atom. The summed E-state index contributed by atoms with van der Waals surface area (Å²) in [6, 6.07) is 16.6. The first-order valence-corrected chi connectivity index (χ1v) is 8.15. The van der Waals surface area contributed by atoms with E-state index in [1.807, 2.05) is 36.4 Å². The van der Waals surface area contributed by atoms with E-state index in [4.69, 9.17) is 4.74 Å². The molecule has 0 unspecified atom stereocenters. The number of rotatable bonds is 5. The van der Waals surface area contributed by atoms with Gasteiger partial charge in [-0.05, 0) is 23.3 Å². The first-order valence-electron chi connectivity index (χ1n) is 8.15. The average molecular weight is 353 g/mol. The Bertz CT molecular complexity index is 931. The highest BCUT2D eigenvalue weighted by molar-refractivity contribution is 5.89. The molecular weight excluding hydrogens is 334 g/mol. The molecule has 0 aliphatic rings. The number of hydrogen-bond acceptors (Lipinski definition) is 5. The summed E-state index contributed by atoms with van der Waals surface area (Å²) in [5.41, 5.74) is 2.31. The van der Waals surface area contributed by atoms with Gasteiger partial charge in [0.2, 0.25) is 0 Å². The maximum absolute atomic E-state index is 12.3. The summed E-state index contributed by atoms with van der Waals surface area (Å²) >= 11 is 0. The van der Waals surface area contributed by atoms with Crippen LogP contribution in [0, 0.1) is 0 Å². The van der Waals surface area contributed by atoms with Gasteiger partial charge in [-0.25, -0.2) is 9.59 Å². The number of carbonyl (C=O) groups excluding carboxylic acids is 2. The van der Waals surface area contributed by atoms with E-state index >= 15 is 0 Å². The Morgan fingerprint density at radius 3 is 2.65 bits per heavy atom. The summed E-state index contributed by atoms with van der Waals surface area (Å²) in [6.45, 7) is 0.0908. The molecule has 6 heteroatoms. The molecule has 134 valence electrons. The predicted octanol–water partition coefficient (Wildman–Crippen LogP) is 2.90. The van der Waals surface area contributed by atoms with E-state index in [0.29, 0.717) is 0 Å². The number of nitrogens with zero attached hydrogens (tertiary/aromatic N) is 1. The van der Waals surface area contributed by atoms with Gasteiger partial charge in [0.25, 0.3) is 0 Å². The van der Waals surface area contributed by atoms with Gasteiger partial charge >= 0.3 is 12.1 Å². The van der Waals surface area contributed by atoms with Gasteiger partial charge in [-0.15, -0.1) is 0 Å². The molecule has 3 aromatic rings. The van der Waals surface area contributed by atoms with Crippen molar-refractivity contribution < 1.29 is 24.2 Å². The maximum atomic E-state index is 12.3. The highest BCUT2D eigenvalue weighted by atomic mass is 16.5. The lowest BCUT2D eigenvalue weighted by Gasteiger charge is -2.10. The summed E-state index contributed by atoms with van der Waals surface area (Å²) in [4.78, 5) is 23.6. The van der Waals surface area contributed by atoms with Crippen LogP contribution in [0.2, 0.25) is 0 Å². The standard InChI is InChI=1S/C20H19NO5/c1-25-19(23)18(22)12-14-5-4-6-15(11-14)13-26-20(24)21-10-9-16-7-2-3-8-17(16)21/h2-11,18,22H,12-13H2,1H3/t18-/m0/s1. The fourth-order valence-corrected chi connectivity index (χ4v) is 2.75. The zero-order valence-corrected chi connectivity index (χ0v) is 14.3. The third-order valence-electron chi connectivity index (χ3n) is 4.05. The molecule has 0 saturated heterocycles. The number of esters is 1. The summed E-state index contributed by atoms with van der Waals surface area (Å²) in [7, 11) is 1.23. The van der Waals surface area contributed by atoms with E-state index in [2.05, 4.69) is 4.74 Å². The van der Waals surface area contributed by atoms with Crippen LogP contribution in [0.3, 0.4) is 0 Å². The van der Waals surface area contributed by atoms with Crippen molar-refractivity contribution >= 4 is 23.0 Å². The summed E-state index contributed by atoms with van der Waals surface area (Å²) < 4.78 is 11.3. The van der Waals surface area contributed by atoms with Crippen molar-refractivity contribution in [3.8, 4) is 0 Å². The zero-order chi connectivity index (χ0) is 18.5. The fourth-order valence-electron chi connectivity index (χ4n) is 2.75. The van der Waals surface area contributed by atoms with E-state index < -0.39 is 18.2 Å². The van der Waals surface area contributed by atoms with Crippen molar-refractivity contribution in [2.24, 2.45) is 0 Å². The minimum Gasteiger partial charge on any atom is -0.467 e. The number of fused-ring (bicyclic) bond motifs is 1. The number of aliphatic hydroxyl groups is 1. The molecule has 1 N–H and O–H groups in total. The molecular formula is C20H19NO5. The number of ether oxygens (including phenoxy) is 2. The van der Waals surface area contributed by atoms with E-state index in [0.717, 1.165) is 22.0 Å². The van der Waals surface area contributed by atoms with Crippen LogP contribution in [0.4, 0.5) is 4.79 Å². The summed E-state index contributed by atoms with van der Waals surface area (Å²) in [5.74, 6) is -0.679. The first-order chi connectivity index (χ1) is 12.6. The van der Waals surface area contributed by atoms with E-state index in [9.17, 15) is 14.7 Å². The van der Waals surface area contributed by atoms with Crippen molar-refractivity contribution in [3.05, 3.63) is 71.9 Å². The van der Waals surface area contributed by atoms with Crippen LogP contribution in [-0.4, -0.2) is 34.9 Å². The molecule has 26 heavy (non-hydrogen) atoms. The van der Waals surface area contributed by atoms with Crippen LogP contribution >= 0.6 is 0 Å². The van der Waals surface area contributed by atoms with Crippen LogP contribution in [0.15, 0.2) is 60.8 Å². The highest BCUT2D eigenvalue weighted by Crippen LogP contribution is 2.16. The molecule has 3 rings (SSSR count). The zero-order valence-electron chi connectivity index (χ0n) is 14.3. The molecule has 0 fully saturated rings. The average Bonchev–Trinajstić information content (AvgIpc) is 3.10. The van der Waals surface area contributed by atoms with Gasteiger partial charge in [0.15, 0.2) is 6.10 Å². The number of carbonyl (C=O) groups is 2. The van der Waals surface area contributed by atoms with Gasteiger partial charge in [0, 0.05) is 18.0 Å². The Morgan fingerprint density at radius 1 is 1.08 bits per heavy atom. The van der Waals surface area contributed by atoms with Crippen molar-refractivity contribution in [1.82, 2.24) is 4.57 Å². The van der Waals surface area contributed by atoms with Crippen molar-refractivity contribution in [1.29, 1.82) is 0 Å². The Balaban J connectivity index is 1.65. The molecule has 0 aliphatic heterocycles. The number of aromatic nitrogens is 1. The molecule has 0 spiro atoms. The monoisotopic (exact) mass is 353 g/mol. The fraction of sp³-hybridized carbons (Fsp3) is 0.200. The lowest BCUT2D eigenvalue weighted by Crippen LogP contribution is -2.24. The second-order valence-electron chi connectivity index (χ2n) is 5.86. The lowest BCUT2D eigenvalue weighted by atomic mass is 10.1. The largest absolute Gasteiger partial charge is 0.467 e. The molecule has 0 saturated carbocycles. The second-order valence-corrected chi connectivity index (χ2v) is 5.86. The van der Waals surface area contributed by atoms with Crippen LogP contribution in [0.25, 0.3) is 10.9 Å². The van der Waals surface area contributed by atoms with E-state index in [1.54, 1.807) is 24.4 Å². The normalized spacial score (nSPS) is 11.9. The number of para-hydroxylation sites is 1. The Kier molecular flexibility index (Phi) is 5.34. The smallest absolute Gasteiger partial charge is 0.418 e. The predicted molar refractivity (Wildman–Crippen MR) is 95.7 cm³/mol. The van der Waals surface area contributed by atoms with Gasteiger partial charge in [0.1, 0.15) is 6.61 Å². The Labute approximate surface area is 150 Å². The number of methoxy groups -OCH3 is 1. The van der Waals surface area contributed by atoms with Crippen molar-refractivity contribution in [3.63, 3.8) is 0 Å². The van der Waals surface area contributed by atoms with Crippen LogP contribution < -0.4 is 0 Å². The number of benzene rings is 2. The molecule has 1 atom stereocenters. The Hall–Kier alpha value is -3.12. The number of aliphatic hydroxyl groups excluding tert-OH is 1. The molecule has 2 aromatic carbocycles. The van der Waals surface area contributed by atoms with Gasteiger partial charge < -0.3 is 14.6 Å². The van der Waals surface area contributed by atoms with Gasteiger partial charge in [-0.1, -0.05) is 42.5 Å². The van der Waals surface area contributed by atoms with Gasteiger partial charge in [0.05, 0.1) is 12.6 Å². The van der Waals surface area contributed by atoms with Crippen LogP contribution in [-0.2, 0) is 27.3 Å². The highest BCUT2D eigenvalue weighted by Gasteiger charge is 2.16. The van der Waals surface area contributed by atoms with Gasteiger partial charge in [-0.3, -0.25) is 4.57 Å². The second kappa shape index (κ2) is 7.84. The van der Waals surface area contributed by atoms with E-state index in [-0.39, 0.29) is 13.0 Å². The van der Waals surface area contributed by atoms with Crippen LogP contribution in [0.1, 0.15) is 11.1 Å². The minimum atomic E-state index is -1.22. The minimum absolute atomic E-state index is 0.0908. The molecule has 1 aromatic heterocycles. The molecule has 6 nitrogen and oxygen atoms in total. The molecule has 0 amide bonds. The first kappa shape index (κ1) is 17.7. The summed E-state index contributed by atoms with van der Waals surface area (Å²) in [6.07, 6.45) is 0.127. The topological polar surface area (TPSA) is 77.8 Å². The maximum Gasteiger partial charge on any atom is 0.418 e. The van der Waals surface area contributed by atoms with Crippen molar-refractivity contribution in [2.45, 2.75) is 19.1 Å². The van der Waals surface area contributed by atoms with Crippen molar-refractivity contribution in [2.75, 3.05) is 7.11 Å². The lowest BCUT2D eigenvalue weighted by molar-refractivity contribution is -0.150. The molecule has 1 heterocycles. The van der Waals surface area contributed by atoms with E-state index in [1.165, 1.54) is 11.7 Å². The van der Waals surface area contributed by atoms with Crippen LogP contribution in [0.5, 0.6) is 0 Å². The third-order valence-corrected chi connectivity index (χ3v) is 4.05. The van der Waals surface area contributed by atoms with Gasteiger partial charge in [-0.2, -0.15) is 0 Å². The summed E-state index contributed by atoms with van der Waals surface area (Å²) in [5, 5.41) is 10.7.